The topological polar surface area (TPSA) is 86.4 Å². The van der Waals surface area contributed by atoms with Crippen LogP contribution in [0.1, 0.15) is 37.2 Å². The van der Waals surface area contributed by atoms with Gasteiger partial charge in [0.05, 0.1) is 24.7 Å². The molecule has 0 saturated carbocycles. The highest BCUT2D eigenvalue weighted by atomic mass is 16.5. The van der Waals surface area contributed by atoms with E-state index in [0.717, 1.165) is 39.9 Å². The van der Waals surface area contributed by atoms with Gasteiger partial charge in [-0.25, -0.2) is 9.78 Å². The number of hydrogen-bond donors (Lipinski definition) is 1. The van der Waals surface area contributed by atoms with Crippen LogP contribution in [0, 0.1) is 12.8 Å². The van der Waals surface area contributed by atoms with Crippen LogP contribution >= 0.6 is 0 Å². The highest BCUT2D eigenvalue weighted by molar-refractivity contribution is 5.83. The molecule has 0 aliphatic rings. The lowest BCUT2D eigenvalue weighted by atomic mass is 10.0. The van der Waals surface area contributed by atoms with Crippen LogP contribution in [-0.4, -0.2) is 22.6 Å². The molecule has 1 N–H and O–H groups in total. The molecule has 172 valence electrons. The fourth-order valence-electron chi connectivity index (χ4n) is 4.12. The molecule has 0 fully saturated rings. The summed E-state index contributed by atoms with van der Waals surface area (Å²) in [6.45, 7) is 7.42. The van der Waals surface area contributed by atoms with Crippen molar-refractivity contribution in [3.63, 3.8) is 0 Å². The molecule has 0 atom stereocenters. The zero-order valence-electron chi connectivity index (χ0n) is 19.5. The Labute approximate surface area is 192 Å². The molecular weight excluding hydrogens is 418 g/mol. The largest absolute Gasteiger partial charge is 0.496 e. The number of nitrogens with one attached hydrogen (secondary N) is 1. The number of aromatic nitrogens is 2. The number of fused-ring (bicyclic) bond motifs is 2. The van der Waals surface area contributed by atoms with Crippen LogP contribution < -0.4 is 15.7 Å². The molecule has 7 heteroatoms. The van der Waals surface area contributed by atoms with Gasteiger partial charge in [0.2, 0.25) is 5.91 Å². The first kappa shape index (κ1) is 22.6. The monoisotopic (exact) mass is 447 g/mol. The molecule has 2 aromatic carbocycles. The van der Waals surface area contributed by atoms with E-state index >= 15 is 0 Å². The average molecular weight is 448 g/mol. The van der Waals surface area contributed by atoms with Gasteiger partial charge in [-0.05, 0) is 48.6 Å². The summed E-state index contributed by atoms with van der Waals surface area (Å²) >= 11 is 0. The van der Waals surface area contributed by atoms with Gasteiger partial charge in [0.25, 0.3) is 0 Å². The Morgan fingerprint density at radius 2 is 2.00 bits per heavy atom. The molecular formula is C26H29N3O4. The second-order valence-electron chi connectivity index (χ2n) is 8.71. The maximum absolute atomic E-state index is 12.7. The van der Waals surface area contributed by atoms with Crippen molar-refractivity contribution in [3.05, 3.63) is 69.8 Å². The number of para-hydroxylation sites is 2. The minimum atomic E-state index is -0.391. The molecule has 2 heterocycles. The van der Waals surface area contributed by atoms with Crippen LogP contribution in [0.25, 0.3) is 22.0 Å². The summed E-state index contributed by atoms with van der Waals surface area (Å²) in [5.41, 5.74) is 3.83. The predicted molar refractivity (Wildman–Crippen MR) is 129 cm³/mol. The van der Waals surface area contributed by atoms with E-state index in [4.69, 9.17) is 14.1 Å². The number of imidazole rings is 1. The maximum Gasteiger partial charge on any atom is 0.336 e. The van der Waals surface area contributed by atoms with Crippen molar-refractivity contribution in [1.82, 2.24) is 14.9 Å². The third kappa shape index (κ3) is 4.92. The quantitative estimate of drug-likeness (QED) is 0.406. The SMILES string of the molecule is COc1cc2oc(=O)cc(C)c2cc1CCC(=O)NCc1nc2ccccc2n1CC(C)C. The van der Waals surface area contributed by atoms with E-state index in [-0.39, 0.29) is 5.91 Å². The summed E-state index contributed by atoms with van der Waals surface area (Å²) in [4.78, 5) is 29.1. The second-order valence-corrected chi connectivity index (χ2v) is 8.71. The Kier molecular flexibility index (Phi) is 6.49. The smallest absolute Gasteiger partial charge is 0.336 e. The molecule has 4 rings (SSSR count). The summed E-state index contributed by atoms with van der Waals surface area (Å²) < 4.78 is 13.0. The van der Waals surface area contributed by atoms with Gasteiger partial charge in [-0.1, -0.05) is 26.0 Å². The number of carbonyl (C=O) groups excluding carboxylic acids is 1. The van der Waals surface area contributed by atoms with Gasteiger partial charge in [-0.3, -0.25) is 4.79 Å². The Morgan fingerprint density at radius 3 is 2.76 bits per heavy atom. The Bertz CT molecular complexity index is 1370. The molecule has 4 aromatic rings. The summed E-state index contributed by atoms with van der Waals surface area (Å²) in [5.74, 6) is 1.86. The minimum Gasteiger partial charge on any atom is -0.496 e. The number of amides is 1. The normalized spacial score (nSPS) is 11.4. The lowest BCUT2D eigenvalue weighted by Gasteiger charge is -2.13. The van der Waals surface area contributed by atoms with Crippen LogP contribution in [0.2, 0.25) is 0 Å². The van der Waals surface area contributed by atoms with E-state index in [9.17, 15) is 9.59 Å². The van der Waals surface area contributed by atoms with Crippen LogP contribution in [0.5, 0.6) is 5.75 Å². The fourth-order valence-corrected chi connectivity index (χ4v) is 4.12. The van der Waals surface area contributed by atoms with E-state index in [1.165, 1.54) is 6.07 Å². The van der Waals surface area contributed by atoms with Crippen molar-refractivity contribution in [2.24, 2.45) is 5.92 Å². The number of benzene rings is 2. The van der Waals surface area contributed by atoms with Gasteiger partial charge in [0, 0.05) is 30.5 Å². The van der Waals surface area contributed by atoms with Gasteiger partial charge in [-0.15, -0.1) is 0 Å². The van der Waals surface area contributed by atoms with E-state index in [0.29, 0.717) is 36.6 Å². The van der Waals surface area contributed by atoms with E-state index < -0.39 is 5.63 Å². The van der Waals surface area contributed by atoms with Crippen molar-refractivity contribution in [1.29, 1.82) is 0 Å². The second kappa shape index (κ2) is 9.48. The molecule has 0 aliphatic carbocycles. The van der Waals surface area contributed by atoms with Crippen molar-refractivity contribution < 1.29 is 13.9 Å². The summed E-state index contributed by atoms with van der Waals surface area (Å²) in [5, 5.41) is 3.86. The van der Waals surface area contributed by atoms with E-state index in [1.54, 1.807) is 13.2 Å². The van der Waals surface area contributed by atoms with Crippen molar-refractivity contribution in [3.8, 4) is 5.75 Å². The third-order valence-electron chi connectivity index (χ3n) is 5.70. The maximum atomic E-state index is 12.7. The van der Waals surface area contributed by atoms with E-state index in [1.807, 2.05) is 31.2 Å². The Hall–Kier alpha value is -3.61. The molecule has 0 bridgehead atoms. The molecule has 0 radical (unpaired) electrons. The van der Waals surface area contributed by atoms with Gasteiger partial charge >= 0.3 is 5.63 Å². The molecule has 0 unspecified atom stereocenters. The number of aryl methyl sites for hydroxylation is 2. The predicted octanol–water partition coefficient (Wildman–Crippen LogP) is 4.36. The minimum absolute atomic E-state index is 0.0587. The number of rotatable bonds is 8. The highest BCUT2D eigenvalue weighted by Crippen LogP contribution is 2.28. The van der Waals surface area contributed by atoms with Gasteiger partial charge < -0.3 is 19.0 Å². The first-order chi connectivity index (χ1) is 15.9. The first-order valence-electron chi connectivity index (χ1n) is 11.2. The first-order valence-corrected chi connectivity index (χ1v) is 11.2. The third-order valence-corrected chi connectivity index (χ3v) is 5.70. The number of carbonyl (C=O) groups is 1. The van der Waals surface area contributed by atoms with Gasteiger partial charge in [-0.2, -0.15) is 0 Å². The molecule has 2 aromatic heterocycles. The van der Waals surface area contributed by atoms with Crippen LogP contribution in [0.4, 0.5) is 0 Å². The number of nitrogens with zero attached hydrogens (tertiary/aromatic N) is 2. The number of ether oxygens (including phenoxy) is 1. The van der Waals surface area contributed by atoms with Crippen LogP contribution in [-0.2, 0) is 24.3 Å². The lowest BCUT2D eigenvalue weighted by molar-refractivity contribution is -0.121. The van der Waals surface area contributed by atoms with Crippen molar-refractivity contribution in [2.45, 2.75) is 46.7 Å². The Balaban J connectivity index is 1.47. The van der Waals surface area contributed by atoms with E-state index in [2.05, 4.69) is 29.8 Å². The molecule has 7 nitrogen and oxygen atoms in total. The van der Waals surface area contributed by atoms with Crippen molar-refractivity contribution in [2.75, 3.05) is 7.11 Å². The molecule has 33 heavy (non-hydrogen) atoms. The highest BCUT2D eigenvalue weighted by Gasteiger charge is 2.14. The van der Waals surface area contributed by atoms with Gasteiger partial charge in [0.15, 0.2) is 0 Å². The van der Waals surface area contributed by atoms with Crippen LogP contribution in [0.15, 0.2) is 51.7 Å². The summed E-state index contributed by atoms with van der Waals surface area (Å²) in [6.07, 6.45) is 0.814. The number of methoxy groups -OCH3 is 1. The summed E-state index contributed by atoms with van der Waals surface area (Å²) in [6, 6.07) is 13.1. The number of hydrogen-bond acceptors (Lipinski definition) is 5. The lowest BCUT2D eigenvalue weighted by Crippen LogP contribution is -2.25. The molecule has 0 spiro atoms. The molecule has 1 amide bonds. The molecule has 0 aliphatic heterocycles. The standard InChI is InChI=1S/C26H29N3O4/c1-16(2)15-29-21-8-6-5-7-20(21)28-24(29)14-27-25(30)10-9-18-12-19-17(3)11-26(31)33-23(19)13-22(18)32-4/h5-8,11-13,16H,9-10,14-15H2,1-4H3,(H,27,30). The summed E-state index contributed by atoms with van der Waals surface area (Å²) in [7, 11) is 1.57. The Morgan fingerprint density at radius 1 is 1.21 bits per heavy atom. The van der Waals surface area contributed by atoms with Gasteiger partial charge in [0.1, 0.15) is 17.2 Å². The van der Waals surface area contributed by atoms with Crippen LogP contribution in [0.3, 0.4) is 0 Å². The molecule has 0 saturated heterocycles. The zero-order valence-corrected chi connectivity index (χ0v) is 19.5. The zero-order chi connectivity index (χ0) is 23.5. The van der Waals surface area contributed by atoms with Crippen molar-refractivity contribution >= 4 is 27.9 Å². The fraction of sp³-hybridized carbons (Fsp3) is 0.346. The average Bonchev–Trinajstić information content (AvgIpc) is 3.12.